The Hall–Kier alpha value is -0.790. The number of nitrogens with zero attached hydrogens (tertiary/aromatic N) is 1. The Labute approximate surface area is 74.3 Å². The SMILES string of the molecule is CN=C1C=C(OC)CC(C)(C)C1. The van der Waals surface area contributed by atoms with E-state index in [1.54, 1.807) is 7.11 Å². The largest absolute Gasteiger partial charge is 0.501 e. The Bertz CT molecular complexity index is 226. The zero-order valence-corrected chi connectivity index (χ0v) is 8.35. The van der Waals surface area contributed by atoms with Crippen LogP contribution in [-0.2, 0) is 4.74 Å². The third-order valence-electron chi connectivity index (χ3n) is 2.19. The van der Waals surface area contributed by atoms with Crippen LogP contribution < -0.4 is 0 Å². The summed E-state index contributed by atoms with van der Waals surface area (Å²) >= 11 is 0. The van der Waals surface area contributed by atoms with Gasteiger partial charge in [0.2, 0.25) is 0 Å². The van der Waals surface area contributed by atoms with Crippen LogP contribution in [0.3, 0.4) is 0 Å². The number of aliphatic imine (C=N–C) groups is 1. The first kappa shape index (κ1) is 9.30. The maximum Gasteiger partial charge on any atom is 0.0978 e. The highest BCUT2D eigenvalue weighted by Crippen LogP contribution is 2.33. The van der Waals surface area contributed by atoms with E-state index in [1.807, 2.05) is 13.1 Å². The molecule has 0 bridgehead atoms. The predicted octanol–water partition coefficient (Wildman–Crippen LogP) is 2.41. The summed E-state index contributed by atoms with van der Waals surface area (Å²) in [6.07, 6.45) is 4.12. The molecule has 0 fully saturated rings. The van der Waals surface area contributed by atoms with Crippen LogP contribution in [0.25, 0.3) is 0 Å². The van der Waals surface area contributed by atoms with E-state index in [0.717, 1.165) is 24.3 Å². The van der Waals surface area contributed by atoms with Crippen molar-refractivity contribution in [3.05, 3.63) is 11.8 Å². The van der Waals surface area contributed by atoms with Crippen molar-refractivity contribution in [2.45, 2.75) is 26.7 Å². The number of rotatable bonds is 1. The fourth-order valence-corrected chi connectivity index (χ4v) is 1.59. The van der Waals surface area contributed by atoms with Gasteiger partial charge in [-0.05, 0) is 17.9 Å². The highest BCUT2D eigenvalue weighted by atomic mass is 16.5. The van der Waals surface area contributed by atoms with Gasteiger partial charge >= 0.3 is 0 Å². The molecule has 1 rings (SSSR count). The van der Waals surface area contributed by atoms with E-state index < -0.39 is 0 Å². The summed E-state index contributed by atoms with van der Waals surface area (Å²) < 4.78 is 5.24. The van der Waals surface area contributed by atoms with Crippen molar-refractivity contribution in [2.75, 3.05) is 14.2 Å². The van der Waals surface area contributed by atoms with Gasteiger partial charge in [0.1, 0.15) is 0 Å². The van der Waals surface area contributed by atoms with Crippen molar-refractivity contribution < 1.29 is 4.74 Å². The molecule has 0 atom stereocenters. The Kier molecular flexibility index (Phi) is 2.55. The third-order valence-corrected chi connectivity index (χ3v) is 2.19. The van der Waals surface area contributed by atoms with Gasteiger partial charge in [0, 0.05) is 19.2 Å². The monoisotopic (exact) mass is 167 g/mol. The molecule has 1 aliphatic rings. The lowest BCUT2D eigenvalue weighted by atomic mass is 9.79. The standard InChI is InChI=1S/C10H17NO/c1-10(2)6-8(11-3)5-9(7-10)12-4/h5H,6-7H2,1-4H3. The normalized spacial score (nSPS) is 25.3. The van der Waals surface area contributed by atoms with Crippen molar-refractivity contribution >= 4 is 5.71 Å². The molecule has 0 amide bonds. The Balaban J connectivity index is 2.86. The van der Waals surface area contributed by atoms with Crippen LogP contribution in [0.4, 0.5) is 0 Å². The molecule has 0 radical (unpaired) electrons. The second-order valence-electron chi connectivity index (χ2n) is 4.05. The number of hydrogen-bond donors (Lipinski definition) is 0. The van der Waals surface area contributed by atoms with Crippen LogP contribution in [0.2, 0.25) is 0 Å². The molecule has 0 saturated heterocycles. The zero-order valence-electron chi connectivity index (χ0n) is 8.35. The predicted molar refractivity (Wildman–Crippen MR) is 51.5 cm³/mol. The van der Waals surface area contributed by atoms with Gasteiger partial charge in [-0.25, -0.2) is 0 Å². The smallest absolute Gasteiger partial charge is 0.0978 e. The molecule has 0 spiro atoms. The second-order valence-corrected chi connectivity index (χ2v) is 4.05. The molecule has 0 unspecified atom stereocenters. The maximum atomic E-state index is 5.24. The van der Waals surface area contributed by atoms with Crippen molar-refractivity contribution in [2.24, 2.45) is 10.4 Å². The van der Waals surface area contributed by atoms with Gasteiger partial charge in [-0.1, -0.05) is 13.8 Å². The first-order chi connectivity index (χ1) is 5.57. The molecule has 12 heavy (non-hydrogen) atoms. The number of methoxy groups -OCH3 is 1. The minimum Gasteiger partial charge on any atom is -0.501 e. The Morgan fingerprint density at radius 3 is 2.58 bits per heavy atom. The van der Waals surface area contributed by atoms with Crippen molar-refractivity contribution in [3.8, 4) is 0 Å². The summed E-state index contributed by atoms with van der Waals surface area (Å²) in [5.74, 6) is 1.05. The molecular weight excluding hydrogens is 150 g/mol. The van der Waals surface area contributed by atoms with Crippen LogP contribution in [0.5, 0.6) is 0 Å². The van der Waals surface area contributed by atoms with Crippen molar-refractivity contribution in [1.29, 1.82) is 0 Å². The topological polar surface area (TPSA) is 21.6 Å². The summed E-state index contributed by atoms with van der Waals surface area (Å²) in [5.41, 5.74) is 1.44. The first-order valence-electron chi connectivity index (χ1n) is 4.27. The number of allylic oxidation sites excluding steroid dienone is 2. The van der Waals surface area contributed by atoms with Gasteiger partial charge in [0.05, 0.1) is 12.9 Å². The van der Waals surface area contributed by atoms with Gasteiger partial charge in [-0.15, -0.1) is 0 Å². The van der Waals surface area contributed by atoms with E-state index in [4.69, 9.17) is 4.74 Å². The summed E-state index contributed by atoms with van der Waals surface area (Å²) in [5, 5.41) is 0. The summed E-state index contributed by atoms with van der Waals surface area (Å²) in [6.45, 7) is 4.48. The number of ether oxygens (including phenoxy) is 1. The summed E-state index contributed by atoms with van der Waals surface area (Å²) in [7, 11) is 3.56. The first-order valence-corrected chi connectivity index (χ1v) is 4.27. The average Bonchev–Trinajstić information content (AvgIpc) is 2.01. The molecule has 68 valence electrons. The molecule has 0 saturated carbocycles. The Morgan fingerprint density at radius 1 is 1.42 bits per heavy atom. The molecule has 2 heteroatoms. The van der Waals surface area contributed by atoms with Gasteiger partial charge in [0.15, 0.2) is 0 Å². The van der Waals surface area contributed by atoms with Gasteiger partial charge in [-0.3, -0.25) is 4.99 Å². The molecule has 1 aliphatic carbocycles. The van der Waals surface area contributed by atoms with Gasteiger partial charge < -0.3 is 4.74 Å². The lowest BCUT2D eigenvalue weighted by molar-refractivity contribution is 0.225. The second kappa shape index (κ2) is 3.30. The minimum atomic E-state index is 0.301. The van der Waals surface area contributed by atoms with E-state index in [9.17, 15) is 0 Å². The highest BCUT2D eigenvalue weighted by molar-refractivity contribution is 5.96. The van der Waals surface area contributed by atoms with Crippen LogP contribution in [0.15, 0.2) is 16.8 Å². The molecule has 2 nitrogen and oxygen atoms in total. The number of hydrogen-bond acceptors (Lipinski definition) is 2. The third kappa shape index (κ3) is 2.10. The lowest BCUT2D eigenvalue weighted by Crippen LogP contribution is -2.22. The zero-order chi connectivity index (χ0) is 9.19. The molecule has 0 aromatic carbocycles. The van der Waals surface area contributed by atoms with Crippen LogP contribution >= 0.6 is 0 Å². The highest BCUT2D eigenvalue weighted by Gasteiger charge is 2.26. The lowest BCUT2D eigenvalue weighted by Gasteiger charge is -2.29. The van der Waals surface area contributed by atoms with E-state index in [0.29, 0.717) is 5.41 Å². The molecule has 0 aromatic heterocycles. The molecule has 0 heterocycles. The average molecular weight is 167 g/mol. The maximum absolute atomic E-state index is 5.24. The fourth-order valence-electron chi connectivity index (χ4n) is 1.59. The van der Waals surface area contributed by atoms with Gasteiger partial charge in [-0.2, -0.15) is 0 Å². The molecular formula is C10H17NO. The van der Waals surface area contributed by atoms with Crippen molar-refractivity contribution in [3.63, 3.8) is 0 Å². The van der Waals surface area contributed by atoms with E-state index in [1.165, 1.54) is 0 Å². The molecule has 0 aromatic rings. The summed E-state index contributed by atoms with van der Waals surface area (Å²) in [4.78, 5) is 4.20. The van der Waals surface area contributed by atoms with Crippen molar-refractivity contribution in [1.82, 2.24) is 0 Å². The fraction of sp³-hybridized carbons (Fsp3) is 0.700. The van der Waals surface area contributed by atoms with E-state index in [2.05, 4.69) is 18.8 Å². The van der Waals surface area contributed by atoms with Crippen LogP contribution in [0.1, 0.15) is 26.7 Å². The quantitative estimate of drug-likeness (QED) is 0.587. The molecule has 0 N–H and O–H groups in total. The van der Waals surface area contributed by atoms with Crippen LogP contribution in [0, 0.1) is 5.41 Å². The van der Waals surface area contributed by atoms with E-state index in [-0.39, 0.29) is 0 Å². The van der Waals surface area contributed by atoms with E-state index >= 15 is 0 Å². The van der Waals surface area contributed by atoms with Gasteiger partial charge in [0.25, 0.3) is 0 Å². The van der Waals surface area contributed by atoms with Crippen LogP contribution in [-0.4, -0.2) is 19.9 Å². The molecule has 0 aliphatic heterocycles. The summed E-state index contributed by atoms with van der Waals surface area (Å²) in [6, 6.07) is 0. The Morgan fingerprint density at radius 2 is 2.08 bits per heavy atom. The minimum absolute atomic E-state index is 0.301.